The van der Waals surface area contributed by atoms with E-state index in [-0.39, 0.29) is 12.0 Å². The predicted molar refractivity (Wildman–Crippen MR) is 107 cm³/mol. The summed E-state index contributed by atoms with van der Waals surface area (Å²) in [5, 5.41) is 2.99. The Labute approximate surface area is 169 Å². The molecule has 5 atom stereocenters. The van der Waals surface area contributed by atoms with Gasteiger partial charge >= 0.3 is 0 Å². The molecule has 2 aliphatic heterocycles. The van der Waals surface area contributed by atoms with Gasteiger partial charge in [0.15, 0.2) is 12.4 Å². The first-order valence-corrected chi connectivity index (χ1v) is 9.54. The molecule has 152 valence electrons. The van der Waals surface area contributed by atoms with E-state index in [1.807, 2.05) is 48.5 Å². The summed E-state index contributed by atoms with van der Waals surface area (Å²) < 4.78 is 23.5. The summed E-state index contributed by atoms with van der Waals surface area (Å²) in [5.41, 5.74) is 1.44. The van der Waals surface area contributed by atoms with Gasteiger partial charge in [0.25, 0.3) is 5.91 Å². The molecule has 2 heterocycles. The van der Waals surface area contributed by atoms with Crippen LogP contribution in [0.25, 0.3) is 0 Å². The lowest BCUT2D eigenvalue weighted by molar-refractivity contribution is -0.256. The number of amides is 1. The average Bonchev–Trinajstić information content (AvgIpc) is 2.79. The normalized spacial score (nSPS) is 28.6. The first-order chi connectivity index (χ1) is 14.2. The SMILES string of the molecule is CO[C@H]1O[C@H]2CN=C(c3ccccc3)O[C@@H]2[C@@H](OC)[C@H]1NC(=O)c1ccccc1. The van der Waals surface area contributed by atoms with E-state index < -0.39 is 24.5 Å². The van der Waals surface area contributed by atoms with Crippen LogP contribution in [0.4, 0.5) is 0 Å². The van der Waals surface area contributed by atoms with Crippen LogP contribution in [0.2, 0.25) is 0 Å². The third-order valence-corrected chi connectivity index (χ3v) is 5.17. The molecule has 0 unspecified atom stereocenters. The number of ether oxygens (including phenoxy) is 4. The van der Waals surface area contributed by atoms with Gasteiger partial charge in [-0.15, -0.1) is 0 Å². The lowest BCUT2D eigenvalue weighted by atomic mass is 9.94. The third-order valence-electron chi connectivity index (χ3n) is 5.17. The number of aliphatic imine (C=N–C) groups is 1. The molecule has 7 heteroatoms. The Morgan fingerprint density at radius 3 is 2.38 bits per heavy atom. The predicted octanol–water partition coefficient (Wildman–Crippen LogP) is 2.02. The first kappa shape index (κ1) is 19.6. The summed E-state index contributed by atoms with van der Waals surface area (Å²) in [6, 6.07) is 18.1. The van der Waals surface area contributed by atoms with E-state index in [1.165, 1.54) is 0 Å². The van der Waals surface area contributed by atoms with E-state index in [0.29, 0.717) is 18.0 Å². The maximum absolute atomic E-state index is 12.7. The zero-order valence-corrected chi connectivity index (χ0v) is 16.4. The van der Waals surface area contributed by atoms with Gasteiger partial charge in [-0.2, -0.15) is 0 Å². The molecular formula is C22H24N2O5. The molecule has 1 amide bonds. The molecule has 1 N–H and O–H groups in total. The molecule has 7 nitrogen and oxygen atoms in total. The Balaban J connectivity index is 1.57. The highest BCUT2D eigenvalue weighted by atomic mass is 16.7. The maximum atomic E-state index is 12.7. The van der Waals surface area contributed by atoms with E-state index in [9.17, 15) is 4.79 Å². The molecule has 0 aliphatic carbocycles. The molecule has 1 fully saturated rings. The molecular weight excluding hydrogens is 372 g/mol. The number of nitrogens with one attached hydrogen (secondary N) is 1. The molecule has 2 aliphatic rings. The average molecular weight is 396 g/mol. The largest absolute Gasteiger partial charge is 0.468 e. The number of nitrogens with zero attached hydrogens (tertiary/aromatic N) is 1. The number of rotatable bonds is 5. The van der Waals surface area contributed by atoms with Gasteiger partial charge in [-0.1, -0.05) is 36.4 Å². The van der Waals surface area contributed by atoms with Crippen molar-refractivity contribution in [3.63, 3.8) is 0 Å². The number of carbonyl (C=O) groups excluding carboxylic acids is 1. The van der Waals surface area contributed by atoms with Crippen molar-refractivity contribution in [1.29, 1.82) is 0 Å². The molecule has 2 aromatic carbocycles. The number of hydrogen-bond acceptors (Lipinski definition) is 6. The van der Waals surface area contributed by atoms with Crippen molar-refractivity contribution in [2.24, 2.45) is 4.99 Å². The van der Waals surface area contributed by atoms with Gasteiger partial charge in [-0.25, -0.2) is 4.99 Å². The van der Waals surface area contributed by atoms with Crippen LogP contribution in [0.15, 0.2) is 65.7 Å². The van der Waals surface area contributed by atoms with Gasteiger partial charge in [0.1, 0.15) is 18.2 Å². The van der Waals surface area contributed by atoms with E-state index in [0.717, 1.165) is 5.56 Å². The number of fused-ring (bicyclic) bond motifs is 1. The van der Waals surface area contributed by atoms with E-state index in [1.54, 1.807) is 26.4 Å². The van der Waals surface area contributed by atoms with Gasteiger partial charge < -0.3 is 24.3 Å². The second-order valence-corrected chi connectivity index (χ2v) is 6.94. The molecule has 0 spiro atoms. The molecule has 0 aromatic heterocycles. The van der Waals surface area contributed by atoms with Crippen LogP contribution in [0.5, 0.6) is 0 Å². The van der Waals surface area contributed by atoms with Crippen molar-refractivity contribution >= 4 is 11.8 Å². The smallest absolute Gasteiger partial charge is 0.251 e. The lowest BCUT2D eigenvalue weighted by Crippen LogP contribution is -2.66. The molecule has 0 radical (unpaired) electrons. The molecule has 0 bridgehead atoms. The van der Waals surface area contributed by atoms with Crippen LogP contribution in [-0.4, -0.2) is 63.2 Å². The number of methoxy groups -OCH3 is 2. The Bertz CT molecular complexity index is 858. The zero-order valence-electron chi connectivity index (χ0n) is 16.4. The third kappa shape index (κ3) is 4.03. The summed E-state index contributed by atoms with van der Waals surface area (Å²) in [6.45, 7) is 0.425. The Morgan fingerprint density at radius 2 is 1.72 bits per heavy atom. The summed E-state index contributed by atoms with van der Waals surface area (Å²) >= 11 is 0. The maximum Gasteiger partial charge on any atom is 0.251 e. The fraction of sp³-hybridized carbons (Fsp3) is 0.364. The van der Waals surface area contributed by atoms with Crippen molar-refractivity contribution in [1.82, 2.24) is 5.32 Å². The quantitative estimate of drug-likeness (QED) is 0.837. The highest BCUT2D eigenvalue weighted by Gasteiger charge is 2.50. The van der Waals surface area contributed by atoms with Crippen molar-refractivity contribution < 1.29 is 23.7 Å². The highest BCUT2D eigenvalue weighted by molar-refractivity contribution is 5.95. The zero-order chi connectivity index (χ0) is 20.2. The second kappa shape index (κ2) is 8.73. The van der Waals surface area contributed by atoms with Gasteiger partial charge in [0.05, 0.1) is 6.54 Å². The van der Waals surface area contributed by atoms with Crippen LogP contribution in [0, 0.1) is 0 Å². The van der Waals surface area contributed by atoms with Gasteiger partial charge in [-0.3, -0.25) is 4.79 Å². The van der Waals surface area contributed by atoms with E-state index in [4.69, 9.17) is 18.9 Å². The Kier molecular flexibility index (Phi) is 5.89. The molecule has 0 saturated carbocycles. The topological polar surface area (TPSA) is 78.4 Å². The van der Waals surface area contributed by atoms with E-state index >= 15 is 0 Å². The summed E-state index contributed by atoms with van der Waals surface area (Å²) in [7, 11) is 3.14. The summed E-state index contributed by atoms with van der Waals surface area (Å²) in [5.74, 6) is 0.316. The number of hydrogen-bond donors (Lipinski definition) is 1. The minimum absolute atomic E-state index is 0.227. The van der Waals surface area contributed by atoms with Crippen LogP contribution in [0.3, 0.4) is 0 Å². The molecule has 2 aromatic rings. The second-order valence-electron chi connectivity index (χ2n) is 6.94. The Hall–Kier alpha value is -2.74. The van der Waals surface area contributed by atoms with E-state index in [2.05, 4.69) is 10.3 Å². The molecule has 29 heavy (non-hydrogen) atoms. The summed E-state index contributed by atoms with van der Waals surface area (Å²) in [6.07, 6.45) is -1.91. The van der Waals surface area contributed by atoms with Crippen LogP contribution in [-0.2, 0) is 18.9 Å². The number of benzene rings is 2. The van der Waals surface area contributed by atoms with Gasteiger partial charge in [0.2, 0.25) is 5.90 Å². The standard InChI is InChI=1S/C22H24N2O5/c1-26-19-17(24-20(25)14-9-5-3-6-10-14)22(27-2)28-16-13-23-21(29-18(16)19)15-11-7-4-8-12-15/h3-12,16-19,22H,13H2,1-2H3,(H,24,25)/t16-,17+,18-,19-,22-/m0/s1. The van der Waals surface area contributed by atoms with Gasteiger partial charge in [-0.05, 0) is 24.3 Å². The first-order valence-electron chi connectivity index (χ1n) is 9.54. The van der Waals surface area contributed by atoms with Crippen LogP contribution in [0.1, 0.15) is 15.9 Å². The summed E-state index contributed by atoms with van der Waals surface area (Å²) in [4.78, 5) is 17.3. The number of carbonyl (C=O) groups is 1. The van der Waals surface area contributed by atoms with Crippen molar-refractivity contribution in [2.45, 2.75) is 30.6 Å². The van der Waals surface area contributed by atoms with Crippen LogP contribution >= 0.6 is 0 Å². The lowest BCUT2D eigenvalue weighted by Gasteiger charge is -2.46. The van der Waals surface area contributed by atoms with Crippen LogP contribution < -0.4 is 5.32 Å². The fourth-order valence-electron chi connectivity index (χ4n) is 3.73. The Morgan fingerprint density at radius 1 is 1.03 bits per heavy atom. The van der Waals surface area contributed by atoms with Gasteiger partial charge in [0, 0.05) is 25.3 Å². The van der Waals surface area contributed by atoms with Crippen molar-refractivity contribution in [3.8, 4) is 0 Å². The highest BCUT2D eigenvalue weighted by Crippen LogP contribution is 2.30. The monoisotopic (exact) mass is 396 g/mol. The van der Waals surface area contributed by atoms with Crippen molar-refractivity contribution in [2.75, 3.05) is 20.8 Å². The minimum Gasteiger partial charge on any atom is -0.468 e. The van der Waals surface area contributed by atoms with Crippen molar-refractivity contribution in [3.05, 3.63) is 71.8 Å². The molecule has 1 saturated heterocycles. The fourth-order valence-corrected chi connectivity index (χ4v) is 3.73. The minimum atomic E-state index is -0.675. The molecule has 4 rings (SSSR count).